The molecule has 1 N–H and O–H groups in total. The van der Waals surface area contributed by atoms with Crippen molar-refractivity contribution in [2.75, 3.05) is 23.1 Å². The number of carbonyl (C=O) groups is 1. The summed E-state index contributed by atoms with van der Waals surface area (Å²) in [6.45, 7) is 5.15. The van der Waals surface area contributed by atoms with Crippen LogP contribution in [-0.4, -0.2) is 35.1 Å². The first-order valence-electron chi connectivity index (χ1n) is 8.19. The minimum Gasteiger partial charge on any atom is -0.296 e. The lowest BCUT2D eigenvalue weighted by Crippen LogP contribution is -2.44. The van der Waals surface area contributed by atoms with Crippen LogP contribution in [0.4, 0.5) is 5.82 Å². The van der Waals surface area contributed by atoms with Crippen LogP contribution in [0, 0.1) is 0 Å². The maximum atomic E-state index is 12.7. The molecule has 4 rings (SSSR count). The highest BCUT2D eigenvalue weighted by Crippen LogP contribution is 2.31. The molecule has 1 fully saturated rings. The molecular weight excluding hydrogens is 306 g/mol. The van der Waals surface area contributed by atoms with Crippen LogP contribution in [0.25, 0.3) is 10.9 Å². The van der Waals surface area contributed by atoms with Crippen molar-refractivity contribution in [2.45, 2.75) is 32.2 Å². The molecule has 2 aliphatic heterocycles. The zero-order valence-electron chi connectivity index (χ0n) is 13.5. The van der Waals surface area contributed by atoms with Crippen molar-refractivity contribution in [2.24, 2.45) is 0 Å². The van der Waals surface area contributed by atoms with Crippen LogP contribution in [0.3, 0.4) is 0 Å². The number of rotatable bonds is 2. The molecular formula is C18H21N3OS. The molecule has 2 aromatic rings. The summed E-state index contributed by atoms with van der Waals surface area (Å²) >= 11 is 1.78. The highest BCUT2D eigenvalue weighted by Gasteiger charge is 2.33. The maximum Gasteiger partial charge on any atom is 0.246 e. The van der Waals surface area contributed by atoms with Gasteiger partial charge in [0.05, 0.1) is 11.6 Å². The summed E-state index contributed by atoms with van der Waals surface area (Å²) in [5.74, 6) is 3.26. The molecule has 1 atom stereocenters. The quantitative estimate of drug-likeness (QED) is 0.921. The Morgan fingerprint density at radius 3 is 3.00 bits per heavy atom. The van der Waals surface area contributed by atoms with Crippen LogP contribution < -0.4 is 10.2 Å². The van der Waals surface area contributed by atoms with E-state index in [0.717, 1.165) is 35.9 Å². The van der Waals surface area contributed by atoms with E-state index in [0.29, 0.717) is 5.92 Å². The summed E-state index contributed by atoms with van der Waals surface area (Å²) < 4.78 is 0. The average molecular weight is 327 g/mol. The molecule has 120 valence electrons. The molecule has 0 spiro atoms. The fourth-order valence-corrected chi connectivity index (χ4v) is 4.23. The molecule has 0 aliphatic carbocycles. The summed E-state index contributed by atoms with van der Waals surface area (Å²) in [6.07, 6.45) is 0.899. The van der Waals surface area contributed by atoms with Crippen LogP contribution >= 0.6 is 11.8 Å². The monoisotopic (exact) mass is 327 g/mol. The number of fused-ring (bicyclic) bond motifs is 2. The van der Waals surface area contributed by atoms with Gasteiger partial charge in [0.1, 0.15) is 5.82 Å². The second kappa shape index (κ2) is 5.80. The number of hydrogen-bond acceptors (Lipinski definition) is 4. The molecule has 1 aromatic heterocycles. The van der Waals surface area contributed by atoms with Gasteiger partial charge in [-0.05, 0) is 41.7 Å². The number of nitrogens with zero attached hydrogens (tertiary/aromatic N) is 2. The van der Waals surface area contributed by atoms with Crippen molar-refractivity contribution < 1.29 is 4.79 Å². The van der Waals surface area contributed by atoms with Gasteiger partial charge in [0.2, 0.25) is 5.91 Å². The van der Waals surface area contributed by atoms with E-state index in [1.807, 2.05) is 4.90 Å². The summed E-state index contributed by atoms with van der Waals surface area (Å²) in [6, 6.07) is 8.60. The standard InChI is InChI=1S/C18H21N3OS/c1-11(2)12-3-4-15-14(7-12)8-13-5-6-21(17(13)20-15)18(22)16-9-23-10-19-16/h3-4,7-8,11,16,19H,5-6,9-10H2,1-2H3. The fraction of sp³-hybridized carbons (Fsp3) is 0.444. The van der Waals surface area contributed by atoms with E-state index in [2.05, 4.69) is 43.4 Å². The molecule has 1 unspecified atom stereocenters. The van der Waals surface area contributed by atoms with Crippen molar-refractivity contribution in [1.29, 1.82) is 0 Å². The first kappa shape index (κ1) is 15.0. The predicted octanol–water partition coefficient (Wildman–Crippen LogP) is 2.91. The molecule has 1 aromatic carbocycles. The van der Waals surface area contributed by atoms with Crippen molar-refractivity contribution >= 4 is 34.4 Å². The molecule has 5 heteroatoms. The third-order valence-corrected chi connectivity index (χ3v) is 5.64. The van der Waals surface area contributed by atoms with Gasteiger partial charge in [0.15, 0.2) is 0 Å². The predicted molar refractivity (Wildman–Crippen MR) is 96.1 cm³/mol. The largest absolute Gasteiger partial charge is 0.296 e. The number of pyridine rings is 1. The number of anilines is 1. The van der Waals surface area contributed by atoms with E-state index in [9.17, 15) is 4.79 Å². The smallest absolute Gasteiger partial charge is 0.246 e. The Kier molecular flexibility index (Phi) is 3.77. The molecule has 2 aliphatic rings. The fourth-order valence-electron chi connectivity index (χ4n) is 3.30. The lowest BCUT2D eigenvalue weighted by Gasteiger charge is -2.20. The SMILES string of the molecule is CC(C)c1ccc2nc3c(cc2c1)CCN3C(=O)C1CSCN1. The van der Waals surface area contributed by atoms with Gasteiger partial charge in [-0.3, -0.25) is 15.0 Å². The van der Waals surface area contributed by atoms with E-state index >= 15 is 0 Å². The zero-order valence-corrected chi connectivity index (χ0v) is 14.3. The van der Waals surface area contributed by atoms with Crippen molar-refractivity contribution in [3.63, 3.8) is 0 Å². The van der Waals surface area contributed by atoms with Gasteiger partial charge >= 0.3 is 0 Å². The molecule has 1 amide bonds. The summed E-state index contributed by atoms with van der Waals surface area (Å²) in [4.78, 5) is 19.4. The first-order chi connectivity index (χ1) is 11.1. The molecule has 3 heterocycles. The van der Waals surface area contributed by atoms with Crippen molar-refractivity contribution in [1.82, 2.24) is 10.3 Å². The lowest BCUT2D eigenvalue weighted by atomic mass is 10.0. The van der Waals surface area contributed by atoms with E-state index < -0.39 is 0 Å². The first-order valence-corrected chi connectivity index (χ1v) is 9.35. The number of aromatic nitrogens is 1. The second-order valence-electron chi connectivity index (χ2n) is 6.59. The number of hydrogen-bond donors (Lipinski definition) is 1. The normalized spacial score (nSPS) is 20.5. The summed E-state index contributed by atoms with van der Waals surface area (Å²) in [5, 5.41) is 4.44. The van der Waals surface area contributed by atoms with Gasteiger partial charge in [-0.15, -0.1) is 11.8 Å². The zero-order chi connectivity index (χ0) is 16.0. The van der Waals surface area contributed by atoms with Gasteiger partial charge in [-0.25, -0.2) is 4.98 Å². The molecule has 1 saturated heterocycles. The lowest BCUT2D eigenvalue weighted by molar-refractivity contribution is -0.119. The van der Waals surface area contributed by atoms with Gasteiger partial charge in [-0.2, -0.15) is 0 Å². The third kappa shape index (κ3) is 2.62. The Balaban J connectivity index is 1.71. The second-order valence-corrected chi connectivity index (χ2v) is 7.62. The van der Waals surface area contributed by atoms with Crippen LogP contribution in [0.1, 0.15) is 30.9 Å². The van der Waals surface area contributed by atoms with Crippen LogP contribution in [0.15, 0.2) is 24.3 Å². The number of benzene rings is 1. The van der Waals surface area contributed by atoms with E-state index in [-0.39, 0.29) is 11.9 Å². The van der Waals surface area contributed by atoms with Gasteiger partial charge in [0, 0.05) is 23.6 Å². The number of carbonyl (C=O) groups excluding carboxylic acids is 1. The number of thioether (sulfide) groups is 1. The van der Waals surface area contributed by atoms with E-state index in [4.69, 9.17) is 4.98 Å². The highest BCUT2D eigenvalue weighted by molar-refractivity contribution is 7.99. The Bertz CT molecular complexity index is 768. The van der Waals surface area contributed by atoms with E-state index in [1.165, 1.54) is 16.5 Å². The molecule has 0 bridgehead atoms. The van der Waals surface area contributed by atoms with Gasteiger partial charge in [-0.1, -0.05) is 19.9 Å². The van der Waals surface area contributed by atoms with Crippen LogP contribution in [0.2, 0.25) is 0 Å². The van der Waals surface area contributed by atoms with E-state index in [1.54, 1.807) is 11.8 Å². The highest BCUT2D eigenvalue weighted by atomic mass is 32.2. The van der Waals surface area contributed by atoms with Crippen molar-refractivity contribution in [3.8, 4) is 0 Å². The van der Waals surface area contributed by atoms with Crippen LogP contribution in [0.5, 0.6) is 0 Å². The summed E-state index contributed by atoms with van der Waals surface area (Å²) in [7, 11) is 0. The Labute approximate surface area is 140 Å². The number of amides is 1. The Morgan fingerprint density at radius 2 is 2.26 bits per heavy atom. The third-order valence-electron chi connectivity index (χ3n) is 4.70. The topological polar surface area (TPSA) is 45.2 Å². The number of nitrogens with one attached hydrogen (secondary N) is 1. The van der Waals surface area contributed by atoms with Crippen LogP contribution in [-0.2, 0) is 11.2 Å². The Morgan fingerprint density at radius 1 is 1.39 bits per heavy atom. The minimum absolute atomic E-state index is 0.0632. The molecule has 0 radical (unpaired) electrons. The Hall–Kier alpha value is -1.59. The molecule has 4 nitrogen and oxygen atoms in total. The minimum atomic E-state index is -0.0632. The van der Waals surface area contributed by atoms with Gasteiger partial charge < -0.3 is 0 Å². The van der Waals surface area contributed by atoms with Crippen molar-refractivity contribution in [3.05, 3.63) is 35.4 Å². The summed E-state index contributed by atoms with van der Waals surface area (Å²) in [5.41, 5.74) is 3.50. The average Bonchev–Trinajstić information content (AvgIpc) is 3.21. The molecule has 0 saturated carbocycles. The maximum absolute atomic E-state index is 12.7. The molecule has 23 heavy (non-hydrogen) atoms. The van der Waals surface area contributed by atoms with Gasteiger partial charge in [0.25, 0.3) is 0 Å².